The van der Waals surface area contributed by atoms with E-state index in [2.05, 4.69) is 4.74 Å². The number of hydrogen-bond donors (Lipinski definition) is 0. The highest BCUT2D eigenvalue weighted by atomic mass is 16.6. The Hall–Kier alpha value is -0.860. The summed E-state index contributed by atoms with van der Waals surface area (Å²) in [4.78, 5) is 21.5. The Morgan fingerprint density at radius 1 is 1.18 bits per heavy atom. The molecule has 0 aliphatic carbocycles. The normalized spacial score (nSPS) is 21.5. The van der Waals surface area contributed by atoms with E-state index in [4.69, 9.17) is 0 Å². The molecule has 0 bridgehead atoms. The van der Waals surface area contributed by atoms with Gasteiger partial charge in [-0.2, -0.15) is 0 Å². The number of hydrogen-bond acceptors (Lipinski definition) is 3. The van der Waals surface area contributed by atoms with Crippen LogP contribution in [0.4, 0.5) is 0 Å². The molecule has 0 N–H and O–H groups in total. The Morgan fingerprint density at radius 2 is 1.64 bits per heavy atom. The number of cyclic esters (lactones) is 2. The Bertz CT molecular complexity index is 182. The predicted octanol–water partition coefficient (Wildman–Crippen LogP) is 0.978. The van der Waals surface area contributed by atoms with Crippen molar-refractivity contribution >= 4 is 11.9 Å². The van der Waals surface area contributed by atoms with E-state index in [1.165, 1.54) is 0 Å². The van der Waals surface area contributed by atoms with Gasteiger partial charge < -0.3 is 4.74 Å². The minimum Gasteiger partial charge on any atom is -0.392 e. The van der Waals surface area contributed by atoms with Crippen molar-refractivity contribution in [3.05, 3.63) is 0 Å². The Balaban J connectivity index is 2.60. The molecule has 1 heterocycles. The Morgan fingerprint density at radius 3 is 1.82 bits per heavy atom. The first kappa shape index (κ1) is 8.24. The molecule has 0 aromatic carbocycles. The van der Waals surface area contributed by atoms with Crippen LogP contribution in [-0.4, -0.2) is 11.9 Å². The van der Waals surface area contributed by atoms with Crippen LogP contribution in [0.3, 0.4) is 0 Å². The second-order valence-corrected chi connectivity index (χ2v) is 3.32. The largest absolute Gasteiger partial charge is 0.392 e. The van der Waals surface area contributed by atoms with Crippen LogP contribution in [0.5, 0.6) is 0 Å². The maximum atomic E-state index is 10.7. The van der Waals surface area contributed by atoms with Crippen molar-refractivity contribution in [2.45, 2.75) is 20.8 Å². The summed E-state index contributed by atoms with van der Waals surface area (Å²) >= 11 is 0. The van der Waals surface area contributed by atoms with Gasteiger partial charge in [-0.15, -0.1) is 0 Å². The molecule has 0 radical (unpaired) electrons. The van der Waals surface area contributed by atoms with Gasteiger partial charge in [0.05, 0.1) is 0 Å². The molecule has 11 heavy (non-hydrogen) atoms. The zero-order valence-electron chi connectivity index (χ0n) is 6.96. The molecule has 1 saturated heterocycles. The molecular weight excluding hydrogens is 144 g/mol. The van der Waals surface area contributed by atoms with Crippen molar-refractivity contribution in [3.63, 3.8) is 0 Å². The van der Waals surface area contributed by atoms with Crippen LogP contribution in [0, 0.1) is 17.8 Å². The molecule has 1 unspecified atom stereocenters. The highest BCUT2D eigenvalue weighted by molar-refractivity contribution is 6.09. The fourth-order valence-electron chi connectivity index (χ4n) is 1.08. The summed E-state index contributed by atoms with van der Waals surface area (Å²) in [5.41, 5.74) is 0. The van der Waals surface area contributed by atoms with Gasteiger partial charge in [-0.1, -0.05) is 20.8 Å². The first-order valence-corrected chi connectivity index (χ1v) is 3.79. The van der Waals surface area contributed by atoms with Crippen LogP contribution in [0.15, 0.2) is 0 Å². The highest BCUT2D eigenvalue weighted by Crippen LogP contribution is 2.28. The van der Waals surface area contributed by atoms with E-state index in [0.29, 0.717) is 5.92 Å². The molecule has 0 amide bonds. The van der Waals surface area contributed by atoms with E-state index in [9.17, 15) is 9.59 Å². The zero-order valence-corrected chi connectivity index (χ0v) is 6.96. The van der Waals surface area contributed by atoms with Crippen LogP contribution >= 0.6 is 0 Å². The van der Waals surface area contributed by atoms with E-state index < -0.39 is 5.92 Å². The SMILES string of the molecule is CC(C)C(C)C1C(=O)OC1=O. The standard InChI is InChI=1S/C8H12O3/c1-4(2)5(3)6-7(9)11-8(6)10/h4-6H,1-3H3. The number of carbonyl (C=O) groups excluding carboxylic acids is 2. The smallest absolute Gasteiger partial charge is 0.328 e. The molecule has 0 saturated carbocycles. The van der Waals surface area contributed by atoms with E-state index in [0.717, 1.165) is 0 Å². The van der Waals surface area contributed by atoms with Crippen LogP contribution in [0.2, 0.25) is 0 Å². The van der Waals surface area contributed by atoms with Crippen LogP contribution in [0.1, 0.15) is 20.8 Å². The molecule has 3 nitrogen and oxygen atoms in total. The van der Waals surface area contributed by atoms with Gasteiger partial charge in [0.2, 0.25) is 0 Å². The van der Waals surface area contributed by atoms with Gasteiger partial charge in [-0.05, 0) is 11.8 Å². The minimum atomic E-state index is -0.491. The summed E-state index contributed by atoms with van der Waals surface area (Å²) in [6.07, 6.45) is 0. The molecular formula is C8H12O3. The third-order valence-corrected chi connectivity index (χ3v) is 2.29. The van der Waals surface area contributed by atoms with Crippen molar-refractivity contribution in [1.82, 2.24) is 0 Å². The topological polar surface area (TPSA) is 43.4 Å². The maximum Gasteiger partial charge on any atom is 0.328 e. The second kappa shape index (κ2) is 2.64. The van der Waals surface area contributed by atoms with Gasteiger partial charge in [0.15, 0.2) is 5.92 Å². The summed E-state index contributed by atoms with van der Waals surface area (Å²) in [5, 5.41) is 0. The van der Waals surface area contributed by atoms with Gasteiger partial charge in [-0.25, -0.2) is 0 Å². The fourth-order valence-corrected chi connectivity index (χ4v) is 1.08. The molecule has 1 fully saturated rings. The predicted molar refractivity (Wildman–Crippen MR) is 38.6 cm³/mol. The quantitative estimate of drug-likeness (QED) is 0.442. The first-order valence-electron chi connectivity index (χ1n) is 3.79. The average Bonchev–Trinajstić information content (AvgIpc) is 1.86. The first-order chi connectivity index (χ1) is 5.04. The Labute approximate surface area is 65.7 Å². The molecule has 0 aromatic rings. The number of carbonyl (C=O) groups is 2. The lowest BCUT2D eigenvalue weighted by atomic mass is 9.83. The molecule has 0 spiro atoms. The number of esters is 2. The maximum absolute atomic E-state index is 10.7. The van der Waals surface area contributed by atoms with E-state index in [-0.39, 0.29) is 17.9 Å². The lowest BCUT2D eigenvalue weighted by Crippen LogP contribution is -2.45. The molecule has 1 aliphatic rings. The third-order valence-electron chi connectivity index (χ3n) is 2.29. The number of ether oxygens (including phenoxy) is 1. The van der Waals surface area contributed by atoms with Gasteiger partial charge in [0.25, 0.3) is 0 Å². The van der Waals surface area contributed by atoms with Crippen LogP contribution < -0.4 is 0 Å². The van der Waals surface area contributed by atoms with E-state index >= 15 is 0 Å². The Kier molecular flexibility index (Phi) is 1.98. The summed E-state index contributed by atoms with van der Waals surface area (Å²) < 4.78 is 4.25. The molecule has 3 heteroatoms. The van der Waals surface area contributed by atoms with Gasteiger partial charge in [0, 0.05) is 0 Å². The molecule has 1 aliphatic heterocycles. The summed E-state index contributed by atoms with van der Waals surface area (Å²) in [6.45, 7) is 5.88. The fraction of sp³-hybridized carbons (Fsp3) is 0.750. The van der Waals surface area contributed by atoms with E-state index in [1.54, 1.807) is 0 Å². The molecule has 1 atom stereocenters. The zero-order chi connectivity index (χ0) is 8.59. The lowest BCUT2D eigenvalue weighted by molar-refractivity contribution is -0.187. The summed E-state index contributed by atoms with van der Waals surface area (Å²) in [5.74, 6) is -0.775. The molecule has 62 valence electrons. The van der Waals surface area contributed by atoms with Gasteiger partial charge >= 0.3 is 11.9 Å². The van der Waals surface area contributed by atoms with E-state index in [1.807, 2.05) is 20.8 Å². The second-order valence-electron chi connectivity index (χ2n) is 3.32. The summed E-state index contributed by atoms with van der Waals surface area (Å²) in [6, 6.07) is 0. The van der Waals surface area contributed by atoms with Crippen molar-refractivity contribution in [2.24, 2.45) is 17.8 Å². The molecule has 1 rings (SSSR count). The van der Waals surface area contributed by atoms with Crippen LogP contribution in [0.25, 0.3) is 0 Å². The summed E-state index contributed by atoms with van der Waals surface area (Å²) in [7, 11) is 0. The highest BCUT2D eigenvalue weighted by Gasteiger charge is 2.46. The van der Waals surface area contributed by atoms with Gasteiger partial charge in [-0.3, -0.25) is 9.59 Å². The van der Waals surface area contributed by atoms with Crippen molar-refractivity contribution < 1.29 is 14.3 Å². The molecule has 0 aromatic heterocycles. The minimum absolute atomic E-state index is 0.101. The lowest BCUT2D eigenvalue weighted by Gasteiger charge is -2.29. The van der Waals surface area contributed by atoms with Crippen LogP contribution in [-0.2, 0) is 14.3 Å². The third kappa shape index (κ3) is 1.27. The van der Waals surface area contributed by atoms with Crippen molar-refractivity contribution in [2.75, 3.05) is 0 Å². The monoisotopic (exact) mass is 156 g/mol. The number of rotatable bonds is 2. The van der Waals surface area contributed by atoms with Crippen molar-refractivity contribution in [3.8, 4) is 0 Å². The average molecular weight is 156 g/mol. The van der Waals surface area contributed by atoms with Gasteiger partial charge in [0.1, 0.15) is 0 Å². The van der Waals surface area contributed by atoms with Crippen molar-refractivity contribution in [1.29, 1.82) is 0 Å².